The van der Waals surface area contributed by atoms with E-state index in [9.17, 15) is 0 Å². The molecule has 2 aromatic rings. The summed E-state index contributed by atoms with van der Waals surface area (Å²) in [7, 11) is 2.04. The number of pyridine rings is 2. The lowest BCUT2D eigenvalue weighted by Gasteiger charge is -2.19. The molecule has 0 aliphatic heterocycles. The predicted octanol–water partition coefficient (Wildman–Crippen LogP) is 2.78. The summed E-state index contributed by atoms with van der Waals surface area (Å²) in [5, 5.41) is 3.39. The van der Waals surface area contributed by atoms with E-state index in [1.54, 1.807) is 6.20 Å². The molecule has 0 saturated carbocycles. The molecule has 1 N–H and O–H groups in total. The van der Waals surface area contributed by atoms with Gasteiger partial charge in [0.15, 0.2) is 0 Å². The van der Waals surface area contributed by atoms with Gasteiger partial charge in [0.05, 0.1) is 0 Å². The first kappa shape index (κ1) is 14.5. The number of rotatable bonds is 6. The van der Waals surface area contributed by atoms with Gasteiger partial charge in [-0.1, -0.05) is 19.1 Å². The van der Waals surface area contributed by atoms with Crippen molar-refractivity contribution in [2.75, 3.05) is 18.5 Å². The van der Waals surface area contributed by atoms with Crippen LogP contribution in [0.15, 0.2) is 42.9 Å². The standard InChI is InChI=1S/C16H22N4/c1-4-18-13(2)15-7-8-16(19-11-15)20(3)12-14-6-5-9-17-10-14/h5-11,13,18H,4,12H2,1-3H3. The first-order valence-corrected chi connectivity index (χ1v) is 7.00. The van der Waals surface area contributed by atoms with Gasteiger partial charge in [-0.05, 0) is 36.7 Å². The third kappa shape index (κ3) is 3.78. The SMILES string of the molecule is CCNC(C)c1ccc(N(C)Cc2cccnc2)nc1. The molecule has 2 aromatic heterocycles. The molecular formula is C16H22N4. The number of nitrogens with zero attached hydrogens (tertiary/aromatic N) is 3. The fraction of sp³-hybridized carbons (Fsp3) is 0.375. The highest BCUT2D eigenvalue weighted by Crippen LogP contribution is 2.16. The molecule has 2 heterocycles. The second-order valence-corrected chi connectivity index (χ2v) is 4.95. The van der Waals surface area contributed by atoms with Gasteiger partial charge in [0.25, 0.3) is 0 Å². The highest BCUT2D eigenvalue weighted by Gasteiger charge is 2.07. The largest absolute Gasteiger partial charge is 0.355 e. The second kappa shape index (κ2) is 7.01. The van der Waals surface area contributed by atoms with E-state index in [2.05, 4.69) is 52.2 Å². The molecule has 0 spiro atoms. The lowest BCUT2D eigenvalue weighted by atomic mass is 10.1. The molecule has 1 atom stereocenters. The van der Waals surface area contributed by atoms with Gasteiger partial charge < -0.3 is 10.2 Å². The van der Waals surface area contributed by atoms with E-state index in [0.717, 1.165) is 18.9 Å². The molecule has 106 valence electrons. The Morgan fingerprint density at radius 3 is 2.70 bits per heavy atom. The second-order valence-electron chi connectivity index (χ2n) is 4.95. The Hall–Kier alpha value is -1.94. The maximum Gasteiger partial charge on any atom is 0.128 e. The van der Waals surface area contributed by atoms with Gasteiger partial charge in [0.2, 0.25) is 0 Å². The summed E-state index contributed by atoms with van der Waals surface area (Å²) in [4.78, 5) is 10.8. The average molecular weight is 270 g/mol. The number of hydrogen-bond acceptors (Lipinski definition) is 4. The van der Waals surface area contributed by atoms with Crippen molar-refractivity contribution in [2.24, 2.45) is 0 Å². The van der Waals surface area contributed by atoms with Crippen LogP contribution in [0, 0.1) is 0 Å². The third-order valence-electron chi connectivity index (χ3n) is 3.31. The van der Waals surface area contributed by atoms with E-state index in [4.69, 9.17) is 0 Å². The normalized spacial score (nSPS) is 12.2. The van der Waals surface area contributed by atoms with Gasteiger partial charge in [-0.25, -0.2) is 4.98 Å². The Balaban J connectivity index is 2.02. The minimum atomic E-state index is 0.338. The van der Waals surface area contributed by atoms with Gasteiger partial charge in [-0.2, -0.15) is 0 Å². The molecule has 2 rings (SSSR count). The van der Waals surface area contributed by atoms with E-state index >= 15 is 0 Å². The van der Waals surface area contributed by atoms with E-state index < -0.39 is 0 Å². The fourth-order valence-electron chi connectivity index (χ4n) is 2.15. The van der Waals surface area contributed by atoms with Crippen molar-refractivity contribution >= 4 is 5.82 Å². The molecule has 4 heteroatoms. The Morgan fingerprint density at radius 1 is 1.25 bits per heavy atom. The highest BCUT2D eigenvalue weighted by molar-refractivity contribution is 5.39. The minimum absolute atomic E-state index is 0.338. The Bertz CT molecular complexity index is 510. The van der Waals surface area contributed by atoms with Crippen LogP contribution in [0.2, 0.25) is 0 Å². The summed E-state index contributed by atoms with van der Waals surface area (Å²) in [6, 6.07) is 8.57. The van der Waals surface area contributed by atoms with Crippen molar-refractivity contribution in [3.8, 4) is 0 Å². The van der Waals surface area contributed by atoms with E-state index in [-0.39, 0.29) is 0 Å². The zero-order chi connectivity index (χ0) is 14.4. The van der Waals surface area contributed by atoms with Gasteiger partial charge >= 0.3 is 0 Å². The van der Waals surface area contributed by atoms with Gasteiger partial charge in [0.1, 0.15) is 5.82 Å². The van der Waals surface area contributed by atoms with Crippen LogP contribution in [0.4, 0.5) is 5.82 Å². The summed E-state index contributed by atoms with van der Waals surface area (Å²) >= 11 is 0. The van der Waals surface area contributed by atoms with Gasteiger partial charge in [-0.3, -0.25) is 4.98 Å². The molecule has 0 aliphatic carbocycles. The van der Waals surface area contributed by atoms with Crippen LogP contribution in [-0.4, -0.2) is 23.6 Å². The van der Waals surface area contributed by atoms with Gasteiger partial charge in [-0.15, -0.1) is 0 Å². The van der Waals surface area contributed by atoms with Crippen LogP contribution in [0.25, 0.3) is 0 Å². The van der Waals surface area contributed by atoms with Crippen LogP contribution >= 0.6 is 0 Å². The first-order chi connectivity index (χ1) is 9.70. The quantitative estimate of drug-likeness (QED) is 0.876. The van der Waals surface area contributed by atoms with E-state index in [1.807, 2.05) is 25.5 Å². The Labute approximate surface area is 120 Å². The van der Waals surface area contributed by atoms with Crippen molar-refractivity contribution in [1.29, 1.82) is 0 Å². The Kier molecular flexibility index (Phi) is 5.07. The minimum Gasteiger partial charge on any atom is -0.355 e. The third-order valence-corrected chi connectivity index (χ3v) is 3.31. The van der Waals surface area contributed by atoms with Crippen LogP contribution in [0.3, 0.4) is 0 Å². The van der Waals surface area contributed by atoms with Crippen molar-refractivity contribution in [2.45, 2.75) is 26.4 Å². The number of hydrogen-bond donors (Lipinski definition) is 1. The molecule has 0 bridgehead atoms. The summed E-state index contributed by atoms with van der Waals surface area (Å²) in [5.41, 5.74) is 2.40. The molecule has 0 fully saturated rings. The molecule has 20 heavy (non-hydrogen) atoms. The van der Waals surface area contributed by atoms with Crippen LogP contribution in [0.5, 0.6) is 0 Å². The molecule has 1 unspecified atom stereocenters. The summed E-state index contributed by atoms with van der Waals surface area (Å²) in [6.07, 6.45) is 5.62. The first-order valence-electron chi connectivity index (χ1n) is 7.00. The molecule has 0 saturated heterocycles. The predicted molar refractivity (Wildman–Crippen MR) is 82.7 cm³/mol. The summed E-state index contributed by atoms with van der Waals surface area (Å²) in [6.45, 7) is 6.03. The molecule has 0 aromatic carbocycles. The molecular weight excluding hydrogens is 248 g/mol. The van der Waals surface area contributed by atoms with Crippen LogP contribution < -0.4 is 10.2 Å². The van der Waals surface area contributed by atoms with Crippen LogP contribution in [0.1, 0.15) is 31.0 Å². The van der Waals surface area contributed by atoms with Crippen molar-refractivity contribution in [3.63, 3.8) is 0 Å². The number of aromatic nitrogens is 2. The Morgan fingerprint density at radius 2 is 2.10 bits per heavy atom. The number of nitrogens with one attached hydrogen (secondary N) is 1. The summed E-state index contributed by atoms with van der Waals surface area (Å²) < 4.78 is 0. The number of anilines is 1. The molecule has 0 radical (unpaired) electrons. The maximum atomic E-state index is 4.54. The van der Waals surface area contributed by atoms with Crippen molar-refractivity contribution in [3.05, 3.63) is 54.0 Å². The monoisotopic (exact) mass is 270 g/mol. The lowest BCUT2D eigenvalue weighted by Crippen LogP contribution is -2.20. The smallest absolute Gasteiger partial charge is 0.128 e. The van der Waals surface area contributed by atoms with E-state index in [1.165, 1.54) is 11.1 Å². The lowest BCUT2D eigenvalue weighted by molar-refractivity contribution is 0.596. The van der Waals surface area contributed by atoms with Crippen LogP contribution in [-0.2, 0) is 6.54 Å². The van der Waals surface area contributed by atoms with Crippen molar-refractivity contribution < 1.29 is 0 Å². The average Bonchev–Trinajstić information content (AvgIpc) is 2.48. The maximum absolute atomic E-state index is 4.54. The van der Waals surface area contributed by atoms with E-state index in [0.29, 0.717) is 6.04 Å². The molecule has 0 aliphatic rings. The van der Waals surface area contributed by atoms with Crippen molar-refractivity contribution in [1.82, 2.24) is 15.3 Å². The zero-order valence-corrected chi connectivity index (χ0v) is 12.4. The topological polar surface area (TPSA) is 41.0 Å². The highest BCUT2D eigenvalue weighted by atomic mass is 15.2. The molecule has 4 nitrogen and oxygen atoms in total. The van der Waals surface area contributed by atoms with Gasteiger partial charge in [0, 0.05) is 38.2 Å². The molecule has 0 amide bonds. The zero-order valence-electron chi connectivity index (χ0n) is 12.4. The fourth-order valence-corrected chi connectivity index (χ4v) is 2.15. The summed E-state index contributed by atoms with van der Waals surface area (Å²) in [5.74, 6) is 0.973.